The van der Waals surface area contributed by atoms with Crippen molar-refractivity contribution in [2.75, 3.05) is 6.61 Å². The first kappa shape index (κ1) is 23.2. The summed E-state index contributed by atoms with van der Waals surface area (Å²) in [5, 5.41) is 30.1. The van der Waals surface area contributed by atoms with Gasteiger partial charge in [-0.3, -0.25) is 14.3 Å². The molecule has 2 aliphatic heterocycles. The highest BCUT2D eigenvalue weighted by molar-refractivity contribution is 7.46. The van der Waals surface area contributed by atoms with Crippen LogP contribution in [0.1, 0.15) is 11.1 Å². The fourth-order valence-electron chi connectivity index (χ4n) is 3.16. The van der Waals surface area contributed by atoms with Crippen molar-refractivity contribution < 1.29 is 34.2 Å². The second-order valence-corrected chi connectivity index (χ2v) is 8.26. The quantitative estimate of drug-likeness (QED) is 0.176. The Morgan fingerprint density at radius 2 is 1.81 bits per heavy atom. The molecule has 31 heavy (non-hydrogen) atoms. The lowest BCUT2D eigenvalue weighted by Gasteiger charge is -2.27. The summed E-state index contributed by atoms with van der Waals surface area (Å²) in [6.45, 7) is 2.19. The minimum absolute atomic E-state index is 0.160. The smallest absolute Gasteiger partial charge is 0.394 e. The minimum atomic E-state index is -5.06. The van der Waals surface area contributed by atoms with E-state index in [0.29, 0.717) is 11.0 Å². The molecule has 0 spiro atoms. The molecule has 6 N–H and O–H groups in total. The van der Waals surface area contributed by atoms with Gasteiger partial charge in [0.15, 0.2) is 11.5 Å². The molecule has 3 atom stereocenters. The molecule has 0 saturated carbocycles. The summed E-state index contributed by atoms with van der Waals surface area (Å²) in [6, 6.07) is 3.39. The Hall–Kier alpha value is -2.51. The van der Waals surface area contributed by atoms with Crippen molar-refractivity contribution in [2.45, 2.75) is 38.7 Å². The predicted octanol–water partition coefficient (Wildman–Crippen LogP) is -1.61. The number of hydrogen-bond donors (Lipinski definition) is 6. The topological polar surface area (TPSA) is 208 Å². The number of phosphoric ester groups is 1. The van der Waals surface area contributed by atoms with Crippen molar-refractivity contribution >= 4 is 18.9 Å². The first-order chi connectivity index (χ1) is 14.4. The summed E-state index contributed by atoms with van der Waals surface area (Å²) in [6.07, 6.45) is -5.46. The average Bonchev–Trinajstić information content (AvgIpc) is 2.66. The summed E-state index contributed by atoms with van der Waals surface area (Å²) in [4.78, 5) is 51.9. The van der Waals surface area contributed by atoms with E-state index in [1.54, 1.807) is 12.1 Å². The van der Waals surface area contributed by atoms with E-state index >= 15 is 0 Å². The van der Waals surface area contributed by atoms with Crippen LogP contribution >= 0.6 is 7.82 Å². The molecule has 0 bridgehead atoms. The maximum absolute atomic E-state index is 12.3. The van der Waals surface area contributed by atoms with E-state index in [4.69, 9.17) is 9.79 Å². The highest BCUT2D eigenvalue weighted by Gasteiger charge is 2.33. The Bertz CT molecular complexity index is 1250. The van der Waals surface area contributed by atoms with E-state index in [2.05, 4.69) is 14.5 Å². The third kappa shape index (κ3) is 4.88. The van der Waals surface area contributed by atoms with Crippen molar-refractivity contribution in [1.82, 2.24) is 19.5 Å². The number of rotatable bonds is 7. The van der Waals surface area contributed by atoms with Gasteiger partial charge in [-0.1, -0.05) is 0 Å². The van der Waals surface area contributed by atoms with Gasteiger partial charge >= 0.3 is 13.5 Å². The van der Waals surface area contributed by atoms with Gasteiger partial charge in [0, 0.05) is 0 Å². The molecule has 2 aliphatic rings. The molecule has 14 heteroatoms. The van der Waals surface area contributed by atoms with E-state index < -0.39 is 50.5 Å². The standard InChI is InChI=1S/C17H21N4O9P/c1-7-3-9-10(4-8(7)2)21(15-13(18-9)16(25)20-17(26)19-15)5-11(23)14(24)12(6-22)30-31(27,28)29/h3-4,11-12,14,22-24H,5-6H2,1-2H3,(H,20,25,26)(H2,27,28,29)/t11-,12+,14-/m1/s1. The van der Waals surface area contributed by atoms with Gasteiger partial charge in [0.05, 0.1) is 24.2 Å². The lowest BCUT2D eigenvalue weighted by atomic mass is 10.1. The van der Waals surface area contributed by atoms with E-state index in [-0.39, 0.29) is 11.5 Å². The van der Waals surface area contributed by atoms with Crippen LogP contribution in [-0.2, 0) is 15.6 Å². The van der Waals surface area contributed by atoms with Crippen LogP contribution in [0.25, 0.3) is 22.6 Å². The summed E-state index contributed by atoms with van der Waals surface area (Å²) in [5.74, 6) is -0.160. The maximum atomic E-state index is 12.3. The second kappa shape index (κ2) is 8.55. The van der Waals surface area contributed by atoms with Crippen LogP contribution in [0.2, 0.25) is 0 Å². The monoisotopic (exact) mass is 456 g/mol. The summed E-state index contributed by atoms with van der Waals surface area (Å²) < 4.78 is 16.7. The van der Waals surface area contributed by atoms with Crippen molar-refractivity contribution in [3.8, 4) is 11.5 Å². The normalized spacial score (nSPS) is 15.3. The van der Waals surface area contributed by atoms with E-state index in [0.717, 1.165) is 11.1 Å². The van der Waals surface area contributed by atoms with E-state index in [1.807, 2.05) is 18.8 Å². The first-order valence-corrected chi connectivity index (χ1v) is 10.6. The minimum Gasteiger partial charge on any atom is -0.394 e. The van der Waals surface area contributed by atoms with Crippen molar-refractivity contribution in [2.24, 2.45) is 0 Å². The third-order valence-electron chi connectivity index (χ3n) is 4.82. The van der Waals surface area contributed by atoms with Gasteiger partial charge in [-0.2, -0.15) is 4.98 Å². The number of hydrogen-bond acceptors (Lipinski definition) is 9. The molecule has 0 amide bonds. The number of aliphatic hydroxyl groups excluding tert-OH is 3. The molecule has 13 nitrogen and oxygen atoms in total. The van der Waals surface area contributed by atoms with Crippen molar-refractivity contribution in [3.63, 3.8) is 0 Å². The zero-order valence-corrected chi connectivity index (χ0v) is 17.4. The average molecular weight is 456 g/mol. The number of aromatic nitrogens is 4. The molecule has 0 aromatic heterocycles. The molecule has 0 unspecified atom stereocenters. The lowest BCUT2D eigenvalue weighted by molar-refractivity contribution is -0.0773. The number of aliphatic hydroxyl groups is 3. The molecule has 0 fully saturated rings. The number of benzene rings is 1. The van der Waals surface area contributed by atoms with Crippen molar-refractivity contribution in [1.29, 1.82) is 0 Å². The van der Waals surface area contributed by atoms with E-state index in [9.17, 15) is 29.5 Å². The van der Waals surface area contributed by atoms with Crippen LogP contribution in [0, 0.1) is 13.8 Å². The largest absolute Gasteiger partial charge is 0.470 e. The Morgan fingerprint density at radius 1 is 1.16 bits per heavy atom. The number of aryl methyl sites for hydroxylation is 2. The van der Waals surface area contributed by atoms with Crippen LogP contribution in [0.4, 0.5) is 0 Å². The molecule has 1 aromatic rings. The van der Waals surface area contributed by atoms with Gasteiger partial charge in [-0.05, 0) is 37.1 Å². The summed E-state index contributed by atoms with van der Waals surface area (Å²) >= 11 is 0. The lowest BCUT2D eigenvalue weighted by Crippen LogP contribution is -2.43. The van der Waals surface area contributed by atoms with Crippen LogP contribution in [-0.4, -0.2) is 69.5 Å². The van der Waals surface area contributed by atoms with Gasteiger partial charge in [-0.25, -0.2) is 14.3 Å². The van der Waals surface area contributed by atoms with Crippen LogP contribution in [0.5, 0.6) is 0 Å². The number of aromatic amines is 1. The molecule has 2 heterocycles. The summed E-state index contributed by atoms with van der Waals surface area (Å²) in [5.41, 5.74) is 0.530. The maximum Gasteiger partial charge on any atom is 0.470 e. The molecular weight excluding hydrogens is 435 g/mol. The number of nitrogens with one attached hydrogen (secondary N) is 1. The zero-order chi connectivity index (χ0) is 23.1. The van der Waals surface area contributed by atoms with Crippen molar-refractivity contribution in [3.05, 3.63) is 44.1 Å². The molecule has 0 saturated heterocycles. The van der Waals surface area contributed by atoms with Crippen LogP contribution in [0.3, 0.4) is 0 Å². The van der Waals surface area contributed by atoms with E-state index in [1.165, 1.54) is 4.57 Å². The Labute approximate surface area is 174 Å². The predicted molar refractivity (Wildman–Crippen MR) is 107 cm³/mol. The van der Waals surface area contributed by atoms with Gasteiger partial charge in [0.25, 0.3) is 5.56 Å². The Morgan fingerprint density at radius 3 is 2.42 bits per heavy atom. The van der Waals surface area contributed by atoms with Gasteiger partial charge in [0.1, 0.15) is 18.3 Å². The number of H-pyrrole nitrogens is 1. The first-order valence-electron chi connectivity index (χ1n) is 9.04. The fraction of sp³-hybridized carbons (Fsp3) is 0.412. The molecule has 3 rings (SSSR count). The van der Waals surface area contributed by atoms with Gasteiger partial charge in [0.2, 0.25) is 0 Å². The number of fused-ring (bicyclic) bond motifs is 2. The molecule has 168 valence electrons. The SMILES string of the molecule is Cc1cc2nc3c(=O)[nH]c(=O)nc-3n(C[C@@H](O)[C@@H](O)[C@H](CO)OP(=O)(O)O)c2cc1C. The Kier molecular flexibility index (Phi) is 6.39. The highest BCUT2D eigenvalue weighted by atomic mass is 31.2. The highest BCUT2D eigenvalue weighted by Crippen LogP contribution is 2.38. The van der Waals surface area contributed by atoms with Crippen LogP contribution < -0.4 is 11.2 Å². The second-order valence-electron chi connectivity index (χ2n) is 7.07. The fourth-order valence-corrected chi connectivity index (χ4v) is 3.70. The molecule has 0 aliphatic carbocycles. The summed E-state index contributed by atoms with van der Waals surface area (Å²) in [7, 11) is -5.06. The van der Waals surface area contributed by atoms with Gasteiger partial charge in [-0.15, -0.1) is 0 Å². The Balaban J connectivity index is 2.15. The third-order valence-corrected chi connectivity index (χ3v) is 5.37. The zero-order valence-electron chi connectivity index (χ0n) is 16.5. The number of phosphoric acid groups is 1. The molecule has 0 radical (unpaired) electrons. The van der Waals surface area contributed by atoms with Crippen LogP contribution in [0.15, 0.2) is 21.7 Å². The molecule has 1 aromatic carbocycles. The number of nitrogens with zero attached hydrogens (tertiary/aromatic N) is 3. The van der Waals surface area contributed by atoms with Gasteiger partial charge < -0.3 is 29.7 Å². The molecular formula is C17H21N4O9P.